The lowest BCUT2D eigenvalue weighted by atomic mass is 9.96. The Morgan fingerprint density at radius 1 is 1.67 bits per heavy atom. The van der Waals surface area contributed by atoms with Gasteiger partial charge in [0.15, 0.2) is 0 Å². The molecule has 0 bridgehead atoms. The minimum atomic E-state index is 0.912. The topological polar surface area (TPSA) is 12.4 Å². The van der Waals surface area contributed by atoms with Gasteiger partial charge in [-0.3, -0.25) is 4.99 Å². The van der Waals surface area contributed by atoms with Crippen LogP contribution in [0.1, 0.15) is 6.42 Å². The third kappa shape index (κ3) is 2.10. The third-order valence-corrected chi connectivity index (χ3v) is 1.43. The molecule has 0 amide bonds. The molecule has 0 fully saturated rings. The number of rotatable bonds is 0. The fraction of sp³-hybridized carbons (Fsp3) is 0.167. The Hall–Kier alpha value is -0.435. The quantitative estimate of drug-likeness (QED) is 0.373. The summed E-state index contributed by atoms with van der Waals surface area (Å²) in [7, 11) is 2.03. The Balaban J connectivity index is 2.75. The summed E-state index contributed by atoms with van der Waals surface area (Å²) < 4.78 is 0. The zero-order valence-corrected chi connectivity index (χ0v) is 6.23. The van der Waals surface area contributed by atoms with Crippen LogP contribution in [0, 0.1) is 0 Å². The summed E-state index contributed by atoms with van der Waals surface area (Å²) >= 11 is 4.17. The first kappa shape index (κ1) is 6.68. The Bertz CT molecular complexity index is 190. The lowest BCUT2D eigenvalue weighted by Gasteiger charge is -1.87. The number of aliphatic imine (C=N–C) groups is 1. The van der Waals surface area contributed by atoms with E-state index in [0.29, 0.717) is 0 Å². The first-order valence-electron chi connectivity index (χ1n) is 2.87. The Morgan fingerprint density at radius 2 is 2.44 bits per heavy atom. The molecule has 0 unspecified atom stereocenters. The van der Waals surface area contributed by atoms with Crippen LogP contribution < -0.4 is 0 Å². The molecule has 1 heterocycles. The maximum absolute atomic E-state index is 4.17. The molecule has 0 aromatic carbocycles. The van der Waals surface area contributed by atoms with Crippen LogP contribution >= 0.6 is 12.6 Å². The average Bonchev–Trinajstić information content (AvgIpc) is 1.97. The molecular formula is C6H8BNS. The normalized spacial score (nSPS) is 18.3. The molecule has 0 aromatic heterocycles. The smallest absolute Gasteiger partial charge is 0.140 e. The van der Waals surface area contributed by atoms with Crippen molar-refractivity contribution in [3.8, 4) is 0 Å². The standard InChI is InChI=1S/C6H8BNS/c7-5-1-2-6(9)4-8-3-5/h1,3-4,9H,2,7H2. The van der Waals surface area contributed by atoms with Gasteiger partial charge in [-0.2, -0.15) is 0 Å². The van der Waals surface area contributed by atoms with E-state index in [9.17, 15) is 0 Å². The number of hydrogen-bond acceptors (Lipinski definition) is 2. The lowest BCUT2D eigenvalue weighted by Crippen LogP contribution is -1.79. The summed E-state index contributed by atoms with van der Waals surface area (Å²) in [5.41, 5.74) is 1.20. The van der Waals surface area contributed by atoms with Gasteiger partial charge >= 0.3 is 0 Å². The molecule has 1 rings (SSSR count). The van der Waals surface area contributed by atoms with Crippen LogP contribution in [0.2, 0.25) is 0 Å². The van der Waals surface area contributed by atoms with Gasteiger partial charge < -0.3 is 0 Å². The molecule has 1 aliphatic rings. The molecule has 0 radical (unpaired) electrons. The molecule has 46 valence electrons. The Morgan fingerprint density at radius 3 is 3.22 bits per heavy atom. The second-order valence-corrected chi connectivity index (χ2v) is 2.63. The fourth-order valence-corrected chi connectivity index (χ4v) is 0.770. The number of hydrogen-bond donors (Lipinski definition) is 1. The molecule has 0 saturated carbocycles. The van der Waals surface area contributed by atoms with E-state index in [1.54, 1.807) is 6.20 Å². The highest BCUT2D eigenvalue weighted by atomic mass is 32.1. The van der Waals surface area contributed by atoms with Gasteiger partial charge in [-0.1, -0.05) is 11.5 Å². The van der Waals surface area contributed by atoms with E-state index >= 15 is 0 Å². The molecule has 1 nitrogen and oxygen atoms in total. The molecule has 0 atom stereocenters. The maximum Gasteiger partial charge on any atom is 0.140 e. The minimum absolute atomic E-state index is 0.912. The highest BCUT2D eigenvalue weighted by molar-refractivity contribution is 7.84. The van der Waals surface area contributed by atoms with E-state index in [2.05, 4.69) is 23.7 Å². The predicted octanol–water partition coefficient (Wildman–Crippen LogP) is 0.749. The first-order chi connectivity index (χ1) is 4.29. The minimum Gasteiger partial charge on any atom is -0.265 e. The summed E-state index contributed by atoms with van der Waals surface area (Å²) in [5, 5.41) is 0. The lowest BCUT2D eigenvalue weighted by molar-refractivity contribution is 1.35. The van der Waals surface area contributed by atoms with Gasteiger partial charge in [0.25, 0.3) is 0 Å². The van der Waals surface area contributed by atoms with E-state index in [0.717, 1.165) is 11.3 Å². The van der Waals surface area contributed by atoms with Crippen LogP contribution in [0.15, 0.2) is 27.6 Å². The van der Waals surface area contributed by atoms with Crippen LogP contribution in [0.4, 0.5) is 0 Å². The zero-order valence-electron chi connectivity index (χ0n) is 5.33. The molecule has 0 aromatic rings. The summed E-state index contributed by atoms with van der Waals surface area (Å²) in [6.45, 7) is 0. The number of nitrogens with zero attached hydrogens (tertiary/aromatic N) is 1. The molecule has 9 heavy (non-hydrogen) atoms. The Kier molecular flexibility index (Phi) is 2.17. The van der Waals surface area contributed by atoms with Gasteiger partial charge in [-0.05, 0) is 6.42 Å². The first-order valence-corrected chi connectivity index (χ1v) is 3.32. The van der Waals surface area contributed by atoms with Crippen LogP contribution in [0.3, 0.4) is 0 Å². The van der Waals surface area contributed by atoms with Crippen molar-refractivity contribution in [3.05, 3.63) is 22.7 Å². The fourth-order valence-electron chi connectivity index (χ4n) is 0.612. The van der Waals surface area contributed by atoms with E-state index in [1.165, 1.54) is 5.47 Å². The van der Waals surface area contributed by atoms with Crippen molar-refractivity contribution in [1.29, 1.82) is 0 Å². The Labute approximate surface area is 61.4 Å². The van der Waals surface area contributed by atoms with Gasteiger partial charge in [0, 0.05) is 17.3 Å². The van der Waals surface area contributed by atoms with Gasteiger partial charge in [0.1, 0.15) is 7.85 Å². The second-order valence-electron chi connectivity index (χ2n) is 2.05. The maximum atomic E-state index is 4.17. The monoisotopic (exact) mass is 137 g/mol. The molecule has 1 aliphatic heterocycles. The van der Waals surface area contributed by atoms with Crippen molar-refractivity contribution < 1.29 is 0 Å². The van der Waals surface area contributed by atoms with E-state index in [-0.39, 0.29) is 0 Å². The average molecular weight is 137 g/mol. The largest absolute Gasteiger partial charge is 0.265 e. The second kappa shape index (κ2) is 2.92. The summed E-state index contributed by atoms with van der Waals surface area (Å²) in [6.07, 6.45) is 6.63. The highest BCUT2D eigenvalue weighted by Gasteiger charge is 1.90. The van der Waals surface area contributed by atoms with E-state index in [4.69, 9.17) is 0 Å². The SMILES string of the molecule is BC1=CCC(S)=CN=C1. The van der Waals surface area contributed by atoms with Gasteiger partial charge in [0.05, 0.1) is 0 Å². The van der Waals surface area contributed by atoms with Crippen molar-refractivity contribution in [1.82, 2.24) is 0 Å². The third-order valence-electron chi connectivity index (χ3n) is 1.13. The van der Waals surface area contributed by atoms with E-state index in [1.807, 2.05) is 14.1 Å². The molecule has 0 spiro atoms. The van der Waals surface area contributed by atoms with Crippen LogP contribution in [0.5, 0.6) is 0 Å². The number of allylic oxidation sites excluding steroid dienone is 3. The summed E-state index contributed by atoms with van der Waals surface area (Å²) in [5.74, 6) is 0. The zero-order chi connectivity index (χ0) is 6.69. The van der Waals surface area contributed by atoms with Gasteiger partial charge in [-0.15, -0.1) is 12.6 Å². The molecule has 0 N–H and O–H groups in total. The summed E-state index contributed by atoms with van der Waals surface area (Å²) in [4.78, 5) is 5.02. The van der Waals surface area contributed by atoms with E-state index < -0.39 is 0 Å². The van der Waals surface area contributed by atoms with Crippen molar-refractivity contribution >= 4 is 26.7 Å². The van der Waals surface area contributed by atoms with Crippen molar-refractivity contribution in [2.45, 2.75) is 6.42 Å². The highest BCUT2D eigenvalue weighted by Crippen LogP contribution is 2.10. The molecule has 3 heteroatoms. The van der Waals surface area contributed by atoms with Gasteiger partial charge in [-0.25, -0.2) is 0 Å². The van der Waals surface area contributed by atoms with Crippen molar-refractivity contribution in [2.75, 3.05) is 0 Å². The molecule has 0 aliphatic carbocycles. The van der Waals surface area contributed by atoms with Gasteiger partial charge in [0.2, 0.25) is 0 Å². The van der Waals surface area contributed by atoms with Crippen LogP contribution in [-0.2, 0) is 0 Å². The van der Waals surface area contributed by atoms with Crippen molar-refractivity contribution in [2.24, 2.45) is 4.99 Å². The van der Waals surface area contributed by atoms with Crippen LogP contribution in [-0.4, -0.2) is 14.1 Å². The van der Waals surface area contributed by atoms with Crippen molar-refractivity contribution in [3.63, 3.8) is 0 Å². The number of thiol groups is 1. The summed E-state index contributed by atoms with van der Waals surface area (Å²) in [6, 6.07) is 0. The predicted molar refractivity (Wildman–Crippen MR) is 46.8 cm³/mol. The van der Waals surface area contributed by atoms with Crippen LogP contribution in [0.25, 0.3) is 0 Å². The molecular weight excluding hydrogens is 129 g/mol. The molecule has 0 saturated heterocycles.